The molecule has 294 valence electrons. The summed E-state index contributed by atoms with van der Waals surface area (Å²) in [5, 5.41) is 9.03. The van der Waals surface area contributed by atoms with E-state index >= 15 is 8.78 Å². The van der Waals surface area contributed by atoms with Crippen molar-refractivity contribution in [3.05, 3.63) is 95.5 Å². The van der Waals surface area contributed by atoms with Gasteiger partial charge in [-0.15, -0.1) is 0 Å². The van der Waals surface area contributed by atoms with Crippen LogP contribution in [-0.4, -0.2) is 66.7 Å². The second kappa shape index (κ2) is 16.0. The van der Waals surface area contributed by atoms with Gasteiger partial charge in [-0.3, -0.25) is 4.79 Å². The van der Waals surface area contributed by atoms with Gasteiger partial charge in [0.1, 0.15) is 5.75 Å². The molecule has 0 radical (unpaired) electrons. The minimum absolute atomic E-state index is 0.135. The number of nitrogens with one attached hydrogen (secondary N) is 1. The molecule has 0 spiro atoms. The van der Waals surface area contributed by atoms with Gasteiger partial charge in [-0.25, -0.2) is 13.2 Å². The van der Waals surface area contributed by atoms with Crippen LogP contribution in [0.3, 0.4) is 0 Å². The number of ether oxygens (including phenoxy) is 1. The quantitative estimate of drug-likeness (QED) is 0.146. The fourth-order valence-corrected chi connectivity index (χ4v) is 8.92. The average Bonchev–Trinajstić information content (AvgIpc) is 3.75. The number of aliphatic carboxylic acids is 1. The van der Waals surface area contributed by atoms with Gasteiger partial charge in [0, 0.05) is 28.7 Å². The molecule has 4 aromatic carbocycles. The Hall–Kier alpha value is -4.31. The number of hydrogen-bond donors (Lipinski definition) is 3. The van der Waals surface area contributed by atoms with Crippen LogP contribution in [0.4, 0.5) is 22.0 Å². The Morgan fingerprint density at radius 2 is 1.35 bits per heavy atom. The number of benzene rings is 4. The first-order valence-electron chi connectivity index (χ1n) is 17.8. The summed E-state index contributed by atoms with van der Waals surface area (Å²) in [4.78, 5) is 24.3. The highest BCUT2D eigenvalue weighted by Crippen LogP contribution is 2.40. The summed E-state index contributed by atoms with van der Waals surface area (Å²) >= 11 is 6.00. The van der Waals surface area contributed by atoms with Crippen molar-refractivity contribution in [2.24, 2.45) is 5.73 Å². The highest BCUT2D eigenvalue weighted by Gasteiger charge is 2.53. The van der Waals surface area contributed by atoms with Gasteiger partial charge in [-0.1, -0.05) is 60.1 Å². The van der Waals surface area contributed by atoms with Crippen molar-refractivity contribution in [2.75, 3.05) is 0 Å². The number of sulfonamides is 1. The molecule has 1 aliphatic carbocycles. The van der Waals surface area contributed by atoms with Gasteiger partial charge in [-0.05, 0) is 110 Å². The molecular formula is C39H39ClF5N3O6S. The lowest BCUT2D eigenvalue weighted by Gasteiger charge is -2.41. The zero-order valence-corrected chi connectivity index (χ0v) is 30.9. The third-order valence-electron chi connectivity index (χ3n) is 10.3. The molecule has 55 heavy (non-hydrogen) atoms. The van der Waals surface area contributed by atoms with E-state index in [4.69, 9.17) is 32.0 Å². The minimum atomic E-state index is -5.08. The molecule has 4 N–H and O–H groups in total. The van der Waals surface area contributed by atoms with Crippen LogP contribution >= 0.6 is 11.6 Å². The Balaban J connectivity index is 0.000000672. The van der Waals surface area contributed by atoms with E-state index in [1.54, 1.807) is 42.5 Å². The summed E-state index contributed by atoms with van der Waals surface area (Å²) in [7, 11) is -4.58. The molecule has 0 aromatic heterocycles. The predicted molar refractivity (Wildman–Crippen MR) is 196 cm³/mol. The fourth-order valence-electron chi connectivity index (χ4n) is 7.57. The summed E-state index contributed by atoms with van der Waals surface area (Å²) in [5.74, 6) is -6.89. The Labute approximate surface area is 319 Å². The smallest absolute Gasteiger partial charge is 0.490 e. The van der Waals surface area contributed by atoms with E-state index in [-0.39, 0.29) is 29.1 Å². The standard InChI is InChI=1S/C37H38ClF2N3O4S.C2HF3O2/c38-28-13-7-24(8-14-28)23-5-11-27(12-6-23)37(39,40)35(36(44)43-30-15-16-31(43)22-29(41)21-30)42-48(45,46)34-18-10-25-19-33(17-9-26(25)20-34)47-32-3-1-2-4-32;3-2(4,5)1(6)7/h5-14,17-20,29-32,35,42H,1-4,15-16,21-22,41H2;(H,6,7)/t29?,30?,31?,35-;/m0./s1. The lowest BCUT2D eigenvalue weighted by Crippen LogP contribution is -2.60. The molecule has 2 unspecified atom stereocenters. The summed E-state index contributed by atoms with van der Waals surface area (Å²) in [6.07, 6.45) is 1.62. The Morgan fingerprint density at radius 1 is 0.818 bits per heavy atom. The molecule has 2 heterocycles. The number of rotatable bonds is 9. The van der Waals surface area contributed by atoms with Crippen molar-refractivity contribution in [1.29, 1.82) is 0 Å². The first-order chi connectivity index (χ1) is 25.9. The molecule has 1 amide bonds. The van der Waals surface area contributed by atoms with Crippen LogP contribution in [0, 0.1) is 0 Å². The Morgan fingerprint density at radius 3 is 1.91 bits per heavy atom. The normalized spacial score (nSPS) is 20.9. The third kappa shape index (κ3) is 9.22. The number of amides is 1. The molecule has 4 aromatic rings. The van der Waals surface area contributed by atoms with E-state index in [1.807, 2.05) is 6.07 Å². The SMILES string of the molecule is NC1CC2CCC(C1)N2C(=O)[C@H](NS(=O)(=O)c1ccc2cc(OC3CCCC3)ccc2c1)C(F)(F)c1ccc(-c2ccc(Cl)cc2)cc1.O=C(O)C(F)(F)F. The third-order valence-corrected chi connectivity index (χ3v) is 12.0. The predicted octanol–water partition coefficient (Wildman–Crippen LogP) is 8.03. The number of carbonyl (C=O) groups excluding carboxylic acids is 1. The largest absolute Gasteiger partial charge is 0.490 e. The lowest BCUT2D eigenvalue weighted by atomic mass is 9.94. The number of halogens is 6. The van der Waals surface area contributed by atoms with Crippen LogP contribution in [0.25, 0.3) is 21.9 Å². The maximum Gasteiger partial charge on any atom is 0.490 e. The number of hydrogen-bond acceptors (Lipinski definition) is 6. The van der Waals surface area contributed by atoms with Crippen molar-refractivity contribution in [3.63, 3.8) is 0 Å². The Kier molecular flexibility index (Phi) is 11.8. The highest BCUT2D eigenvalue weighted by atomic mass is 35.5. The average molecular weight is 808 g/mol. The molecule has 2 aliphatic heterocycles. The zero-order valence-electron chi connectivity index (χ0n) is 29.3. The second-order valence-corrected chi connectivity index (χ2v) is 16.3. The number of piperidine rings is 1. The topological polar surface area (TPSA) is 139 Å². The van der Waals surface area contributed by atoms with Gasteiger partial charge in [0.25, 0.3) is 5.92 Å². The lowest BCUT2D eigenvalue weighted by molar-refractivity contribution is -0.192. The van der Waals surface area contributed by atoms with Crippen LogP contribution in [0.2, 0.25) is 5.02 Å². The molecule has 9 nitrogen and oxygen atoms in total. The van der Waals surface area contributed by atoms with Crippen LogP contribution < -0.4 is 15.2 Å². The molecule has 2 bridgehead atoms. The van der Waals surface area contributed by atoms with E-state index < -0.39 is 45.6 Å². The van der Waals surface area contributed by atoms with Crippen molar-refractivity contribution in [2.45, 2.75) is 98.6 Å². The van der Waals surface area contributed by atoms with Gasteiger partial charge >= 0.3 is 12.1 Å². The summed E-state index contributed by atoms with van der Waals surface area (Å²) in [6.45, 7) is 0. The molecule has 7 rings (SSSR count). The van der Waals surface area contributed by atoms with E-state index in [1.165, 1.54) is 41.3 Å². The van der Waals surface area contributed by atoms with Crippen molar-refractivity contribution < 1.29 is 49.8 Å². The summed E-state index contributed by atoms with van der Waals surface area (Å²) < 4.78 is 101. The number of carboxylic acids is 1. The van der Waals surface area contributed by atoms with Crippen LogP contribution in [0.1, 0.15) is 56.9 Å². The monoisotopic (exact) mass is 807 g/mol. The number of nitrogens with zero attached hydrogens (tertiary/aromatic N) is 1. The maximum atomic E-state index is 16.6. The minimum Gasteiger partial charge on any atom is -0.490 e. The maximum absolute atomic E-state index is 16.6. The second-order valence-electron chi connectivity index (χ2n) is 14.1. The zero-order chi connectivity index (χ0) is 39.7. The molecule has 16 heteroatoms. The highest BCUT2D eigenvalue weighted by molar-refractivity contribution is 7.89. The molecule has 3 atom stereocenters. The summed E-state index contributed by atoms with van der Waals surface area (Å²) in [5.41, 5.74) is 7.17. The number of carbonyl (C=O) groups is 2. The van der Waals surface area contributed by atoms with Crippen molar-refractivity contribution in [3.8, 4) is 16.9 Å². The molecule has 3 aliphatic rings. The number of nitrogens with two attached hydrogens (primary N) is 1. The first kappa shape index (κ1) is 40.4. The van der Waals surface area contributed by atoms with Gasteiger partial charge in [0.2, 0.25) is 15.9 Å². The van der Waals surface area contributed by atoms with Crippen LogP contribution in [0.5, 0.6) is 5.75 Å². The molecule has 1 saturated carbocycles. The molecular weight excluding hydrogens is 769 g/mol. The van der Waals surface area contributed by atoms with Crippen molar-refractivity contribution >= 4 is 44.3 Å². The van der Waals surface area contributed by atoms with Crippen molar-refractivity contribution in [1.82, 2.24) is 9.62 Å². The first-order valence-corrected chi connectivity index (χ1v) is 19.6. The molecule has 3 fully saturated rings. The van der Waals surface area contributed by atoms with E-state index in [0.29, 0.717) is 47.4 Å². The molecule has 2 saturated heterocycles. The van der Waals surface area contributed by atoms with Crippen LogP contribution in [0.15, 0.2) is 89.8 Å². The number of fused-ring (bicyclic) bond motifs is 3. The van der Waals surface area contributed by atoms with Crippen LogP contribution in [-0.2, 0) is 25.5 Å². The van der Waals surface area contributed by atoms with E-state index in [0.717, 1.165) is 36.6 Å². The van der Waals surface area contributed by atoms with Gasteiger partial charge in [-0.2, -0.15) is 26.7 Å². The fraction of sp³-hybridized carbons (Fsp3) is 0.385. The number of alkyl halides is 5. The van der Waals surface area contributed by atoms with Gasteiger partial charge in [0.05, 0.1) is 11.0 Å². The number of carboxylic acid groups (broad SMARTS) is 1. The van der Waals surface area contributed by atoms with Gasteiger partial charge in [0.15, 0.2) is 6.04 Å². The van der Waals surface area contributed by atoms with E-state index in [2.05, 4.69) is 4.72 Å². The van der Waals surface area contributed by atoms with Gasteiger partial charge < -0.3 is 20.5 Å². The Bertz CT molecular complexity index is 2120. The van der Waals surface area contributed by atoms with E-state index in [9.17, 15) is 26.4 Å². The summed E-state index contributed by atoms with van der Waals surface area (Å²) in [6, 6.07) is 19.2.